The van der Waals surface area contributed by atoms with Crippen LogP contribution in [0.3, 0.4) is 0 Å². The largest absolute Gasteiger partial charge is 0.352 e. The topological polar surface area (TPSA) is 104 Å². The molecule has 0 aliphatic rings. The van der Waals surface area contributed by atoms with E-state index >= 15 is 0 Å². The molecule has 2 amide bonds. The van der Waals surface area contributed by atoms with Gasteiger partial charge in [-0.15, -0.1) is 0 Å². The van der Waals surface area contributed by atoms with Gasteiger partial charge in [-0.3, -0.25) is 18.7 Å². The highest BCUT2D eigenvalue weighted by molar-refractivity contribution is 7.92. The van der Waals surface area contributed by atoms with Gasteiger partial charge in [0.25, 0.3) is 0 Å². The third kappa shape index (κ3) is 9.01. The molecule has 0 unspecified atom stereocenters. The van der Waals surface area contributed by atoms with E-state index < -0.39 is 28.5 Å². The molecule has 3 rings (SSSR count). The highest BCUT2D eigenvalue weighted by Gasteiger charge is 2.33. The Bertz CT molecular complexity index is 1470. The fourth-order valence-corrected chi connectivity index (χ4v) is 5.34. The number of ketones is 1. The van der Waals surface area contributed by atoms with E-state index in [-0.39, 0.29) is 36.4 Å². The molecule has 0 fully saturated rings. The zero-order valence-electron chi connectivity index (χ0n) is 24.3. The van der Waals surface area contributed by atoms with Crippen molar-refractivity contribution in [1.29, 1.82) is 0 Å². The second-order valence-corrected chi connectivity index (χ2v) is 12.3. The zero-order valence-corrected chi connectivity index (χ0v) is 25.1. The zero-order chi connectivity index (χ0) is 30.2. The van der Waals surface area contributed by atoms with Crippen LogP contribution in [0, 0.1) is 6.92 Å². The van der Waals surface area contributed by atoms with Gasteiger partial charge < -0.3 is 10.2 Å². The molecule has 0 saturated heterocycles. The van der Waals surface area contributed by atoms with E-state index in [0.717, 1.165) is 27.3 Å². The second kappa shape index (κ2) is 14.1. The van der Waals surface area contributed by atoms with E-state index in [1.165, 1.54) is 17.9 Å². The first-order valence-corrected chi connectivity index (χ1v) is 15.5. The Morgan fingerprint density at radius 3 is 2.17 bits per heavy atom. The molecular weight excluding hydrogens is 538 g/mol. The van der Waals surface area contributed by atoms with Crippen LogP contribution in [0.1, 0.15) is 54.2 Å². The number of carbonyl (C=O) groups is 3. The molecule has 41 heavy (non-hydrogen) atoms. The number of sulfonamides is 1. The number of aryl methyl sites for hydroxylation is 1. The van der Waals surface area contributed by atoms with Gasteiger partial charge in [-0.25, -0.2) is 8.42 Å². The summed E-state index contributed by atoms with van der Waals surface area (Å²) >= 11 is 0. The lowest BCUT2D eigenvalue weighted by molar-refractivity contribution is -0.140. The molecule has 218 valence electrons. The highest BCUT2D eigenvalue weighted by atomic mass is 32.2. The maximum Gasteiger partial charge on any atom is 0.244 e. The lowest BCUT2D eigenvalue weighted by atomic mass is 10.0. The standard InChI is InChI=1S/C32H39N3O5S/c1-6-24(3)33-32(38)30(19-26-13-8-7-9-14-26)34(21-27-15-10-12-23(2)18-27)31(37)22-35(41(5,39)40)29-17-11-16-28(20-29)25(4)36/h7-18,20,24,30H,6,19,21-22H2,1-5H3,(H,33,38)/t24-,30+/m0/s1. The van der Waals surface area contributed by atoms with Crippen molar-refractivity contribution in [2.75, 3.05) is 17.1 Å². The fraction of sp³-hybridized carbons (Fsp3) is 0.344. The number of amides is 2. The van der Waals surface area contributed by atoms with Crippen molar-refractivity contribution in [2.45, 2.75) is 59.2 Å². The van der Waals surface area contributed by atoms with E-state index in [2.05, 4.69) is 5.32 Å². The summed E-state index contributed by atoms with van der Waals surface area (Å²) in [4.78, 5) is 41.3. The Morgan fingerprint density at radius 2 is 1.56 bits per heavy atom. The number of benzene rings is 3. The molecule has 3 aromatic carbocycles. The normalized spacial score (nSPS) is 12.7. The van der Waals surface area contributed by atoms with Crippen LogP contribution in [0.4, 0.5) is 5.69 Å². The van der Waals surface area contributed by atoms with Gasteiger partial charge in [0, 0.05) is 24.6 Å². The molecule has 8 nitrogen and oxygen atoms in total. The van der Waals surface area contributed by atoms with E-state index in [1.54, 1.807) is 18.2 Å². The summed E-state index contributed by atoms with van der Waals surface area (Å²) in [6, 6.07) is 22.2. The Hall–Kier alpha value is -3.98. The number of hydrogen-bond acceptors (Lipinski definition) is 5. The fourth-order valence-electron chi connectivity index (χ4n) is 4.50. The molecule has 3 aromatic rings. The molecule has 0 radical (unpaired) electrons. The van der Waals surface area contributed by atoms with Crippen LogP contribution in [-0.2, 0) is 32.6 Å². The van der Waals surface area contributed by atoms with Crippen LogP contribution in [0.25, 0.3) is 0 Å². The summed E-state index contributed by atoms with van der Waals surface area (Å²) in [5, 5.41) is 3.02. The molecular formula is C32H39N3O5S. The summed E-state index contributed by atoms with van der Waals surface area (Å²) < 4.78 is 26.9. The summed E-state index contributed by atoms with van der Waals surface area (Å²) in [5.74, 6) is -1.07. The van der Waals surface area contributed by atoms with Crippen LogP contribution < -0.4 is 9.62 Å². The van der Waals surface area contributed by atoms with Gasteiger partial charge in [-0.05, 0) is 50.5 Å². The van der Waals surface area contributed by atoms with Gasteiger partial charge in [0.2, 0.25) is 21.8 Å². The molecule has 0 aliphatic carbocycles. The van der Waals surface area contributed by atoms with Crippen molar-refractivity contribution in [2.24, 2.45) is 0 Å². The SMILES string of the molecule is CC[C@H](C)NC(=O)[C@@H](Cc1ccccc1)N(Cc1cccc(C)c1)C(=O)CN(c1cccc(C(C)=O)c1)S(C)(=O)=O. The molecule has 0 bridgehead atoms. The predicted octanol–water partition coefficient (Wildman–Crippen LogP) is 4.52. The average molecular weight is 578 g/mol. The van der Waals surface area contributed by atoms with Crippen molar-refractivity contribution in [3.63, 3.8) is 0 Å². The quantitative estimate of drug-likeness (QED) is 0.301. The van der Waals surface area contributed by atoms with Gasteiger partial charge >= 0.3 is 0 Å². The molecule has 0 aromatic heterocycles. The monoisotopic (exact) mass is 577 g/mol. The third-order valence-electron chi connectivity index (χ3n) is 6.93. The van der Waals surface area contributed by atoms with Crippen LogP contribution in [0.15, 0.2) is 78.9 Å². The summed E-state index contributed by atoms with van der Waals surface area (Å²) in [6.45, 7) is 6.78. The van der Waals surface area contributed by atoms with Crippen molar-refractivity contribution >= 4 is 33.3 Å². The Balaban J connectivity index is 2.08. The number of nitrogens with one attached hydrogen (secondary N) is 1. The number of nitrogens with zero attached hydrogens (tertiary/aromatic N) is 2. The number of anilines is 1. The third-order valence-corrected chi connectivity index (χ3v) is 8.07. The van der Waals surface area contributed by atoms with Gasteiger partial charge in [-0.2, -0.15) is 0 Å². The van der Waals surface area contributed by atoms with Gasteiger partial charge in [-0.1, -0.05) is 79.2 Å². The molecule has 2 atom stereocenters. The molecule has 9 heteroatoms. The van der Waals surface area contributed by atoms with Crippen molar-refractivity contribution < 1.29 is 22.8 Å². The van der Waals surface area contributed by atoms with Gasteiger partial charge in [0.05, 0.1) is 11.9 Å². The molecule has 0 saturated carbocycles. The number of carbonyl (C=O) groups excluding carboxylic acids is 3. The Labute approximate surface area is 243 Å². The van der Waals surface area contributed by atoms with Gasteiger partial charge in [0.1, 0.15) is 12.6 Å². The summed E-state index contributed by atoms with van der Waals surface area (Å²) in [6.07, 6.45) is 1.98. The van der Waals surface area contributed by atoms with Crippen molar-refractivity contribution in [3.8, 4) is 0 Å². The predicted molar refractivity (Wildman–Crippen MR) is 162 cm³/mol. The lowest BCUT2D eigenvalue weighted by Gasteiger charge is -2.34. The van der Waals surface area contributed by atoms with Crippen LogP contribution in [-0.4, -0.2) is 55.8 Å². The number of rotatable bonds is 13. The maximum absolute atomic E-state index is 14.1. The first kappa shape index (κ1) is 31.5. The van der Waals surface area contributed by atoms with Crippen LogP contribution in [0.2, 0.25) is 0 Å². The molecule has 0 spiro atoms. The summed E-state index contributed by atoms with van der Waals surface area (Å²) in [7, 11) is -3.92. The van der Waals surface area contributed by atoms with Gasteiger partial charge in [0.15, 0.2) is 5.78 Å². The minimum Gasteiger partial charge on any atom is -0.352 e. The second-order valence-electron chi connectivity index (χ2n) is 10.4. The van der Waals surface area contributed by atoms with E-state index in [4.69, 9.17) is 0 Å². The maximum atomic E-state index is 14.1. The van der Waals surface area contributed by atoms with E-state index in [0.29, 0.717) is 12.0 Å². The number of hydrogen-bond donors (Lipinski definition) is 1. The smallest absolute Gasteiger partial charge is 0.244 e. The minimum absolute atomic E-state index is 0.108. The van der Waals surface area contributed by atoms with Crippen molar-refractivity contribution in [3.05, 3.63) is 101 Å². The Morgan fingerprint density at radius 1 is 0.902 bits per heavy atom. The molecule has 1 N–H and O–H groups in total. The van der Waals surface area contributed by atoms with Crippen molar-refractivity contribution in [1.82, 2.24) is 10.2 Å². The van der Waals surface area contributed by atoms with E-state index in [1.807, 2.05) is 75.4 Å². The van der Waals surface area contributed by atoms with E-state index in [9.17, 15) is 22.8 Å². The first-order chi connectivity index (χ1) is 19.4. The number of Topliss-reactive ketones (excluding diaryl/α,β-unsaturated/α-hetero) is 1. The average Bonchev–Trinajstić information content (AvgIpc) is 2.93. The highest BCUT2D eigenvalue weighted by Crippen LogP contribution is 2.22. The minimum atomic E-state index is -3.92. The molecule has 0 aliphatic heterocycles. The Kier molecular flexibility index (Phi) is 10.8. The lowest BCUT2D eigenvalue weighted by Crippen LogP contribution is -2.54. The first-order valence-electron chi connectivity index (χ1n) is 13.7. The van der Waals surface area contributed by atoms with Crippen LogP contribution in [0.5, 0.6) is 0 Å². The van der Waals surface area contributed by atoms with Crippen LogP contribution >= 0.6 is 0 Å². The molecule has 0 heterocycles. The summed E-state index contributed by atoms with van der Waals surface area (Å²) in [5.41, 5.74) is 3.21.